The molecule has 0 aliphatic rings. The van der Waals surface area contributed by atoms with Gasteiger partial charge < -0.3 is 5.11 Å². The number of aromatic carboxylic acids is 1. The van der Waals surface area contributed by atoms with Gasteiger partial charge in [-0.05, 0) is 42.8 Å². The highest BCUT2D eigenvalue weighted by Crippen LogP contribution is 2.23. The molecule has 0 atom stereocenters. The molecule has 22 heavy (non-hydrogen) atoms. The van der Waals surface area contributed by atoms with Crippen molar-refractivity contribution in [2.45, 2.75) is 11.8 Å². The third-order valence-corrected chi connectivity index (χ3v) is 4.79. The van der Waals surface area contributed by atoms with Gasteiger partial charge in [0.15, 0.2) is 0 Å². The molecule has 0 radical (unpaired) electrons. The predicted molar refractivity (Wildman–Crippen MR) is 83.0 cm³/mol. The minimum Gasteiger partial charge on any atom is -0.478 e. The van der Waals surface area contributed by atoms with E-state index in [1.165, 1.54) is 24.3 Å². The van der Waals surface area contributed by atoms with Crippen LogP contribution in [0.1, 0.15) is 15.9 Å². The van der Waals surface area contributed by atoms with Crippen molar-refractivity contribution in [2.24, 2.45) is 0 Å². The smallest absolute Gasteiger partial charge is 0.336 e. The lowest BCUT2D eigenvalue weighted by Gasteiger charge is -2.11. The lowest BCUT2D eigenvalue weighted by atomic mass is 10.1. The number of aryl methyl sites for hydroxylation is 1. The van der Waals surface area contributed by atoms with Crippen LogP contribution in [0.25, 0.3) is 0 Å². The molecular weight excluding hydrogens is 377 g/mol. The van der Waals surface area contributed by atoms with Gasteiger partial charge in [0.25, 0.3) is 10.0 Å². The van der Waals surface area contributed by atoms with E-state index in [1.807, 2.05) is 0 Å². The van der Waals surface area contributed by atoms with Crippen LogP contribution in [0, 0.1) is 12.7 Å². The van der Waals surface area contributed by atoms with Gasteiger partial charge in [-0.3, -0.25) is 4.72 Å². The summed E-state index contributed by atoms with van der Waals surface area (Å²) in [6, 6.07) is 7.60. The van der Waals surface area contributed by atoms with Crippen LogP contribution in [0.4, 0.5) is 10.1 Å². The van der Waals surface area contributed by atoms with Gasteiger partial charge in [0.2, 0.25) is 0 Å². The maximum atomic E-state index is 13.7. The van der Waals surface area contributed by atoms with E-state index < -0.39 is 26.7 Å². The molecule has 5 nitrogen and oxygen atoms in total. The topological polar surface area (TPSA) is 83.5 Å². The second-order valence-electron chi connectivity index (χ2n) is 4.52. The number of anilines is 1. The second-order valence-corrected chi connectivity index (χ2v) is 7.08. The fraction of sp³-hybridized carbons (Fsp3) is 0.0714. The quantitative estimate of drug-likeness (QED) is 0.841. The van der Waals surface area contributed by atoms with Crippen molar-refractivity contribution < 1.29 is 22.7 Å². The van der Waals surface area contributed by atoms with Crippen molar-refractivity contribution in [2.75, 3.05) is 4.72 Å². The van der Waals surface area contributed by atoms with Crippen LogP contribution in [0.2, 0.25) is 0 Å². The molecule has 8 heteroatoms. The molecule has 0 heterocycles. The average Bonchev–Trinajstić information content (AvgIpc) is 2.43. The molecule has 0 fully saturated rings. The van der Waals surface area contributed by atoms with Gasteiger partial charge in [0, 0.05) is 10.2 Å². The predicted octanol–water partition coefficient (Wildman–Crippen LogP) is 3.40. The summed E-state index contributed by atoms with van der Waals surface area (Å²) in [5.74, 6) is -2.08. The first-order chi connectivity index (χ1) is 10.2. The third kappa shape index (κ3) is 3.45. The van der Waals surface area contributed by atoms with Gasteiger partial charge in [0.05, 0.1) is 5.56 Å². The van der Waals surface area contributed by atoms with E-state index in [1.54, 1.807) is 6.92 Å². The Morgan fingerprint density at radius 1 is 1.23 bits per heavy atom. The Balaban J connectivity index is 2.43. The van der Waals surface area contributed by atoms with Crippen LogP contribution < -0.4 is 4.72 Å². The summed E-state index contributed by atoms with van der Waals surface area (Å²) in [6.45, 7) is 1.59. The van der Waals surface area contributed by atoms with E-state index in [0.29, 0.717) is 10.0 Å². The number of rotatable bonds is 4. The molecule has 2 aromatic rings. The van der Waals surface area contributed by atoms with E-state index in [2.05, 4.69) is 20.7 Å². The van der Waals surface area contributed by atoms with E-state index in [9.17, 15) is 17.6 Å². The molecule has 0 spiro atoms. The summed E-state index contributed by atoms with van der Waals surface area (Å²) in [5, 5.41) is 9.04. The minimum atomic E-state index is -4.17. The number of nitrogens with one attached hydrogen (secondary N) is 1. The molecule has 116 valence electrons. The molecule has 2 aromatic carbocycles. The van der Waals surface area contributed by atoms with Crippen LogP contribution in [0.3, 0.4) is 0 Å². The molecule has 0 saturated heterocycles. The Morgan fingerprint density at radius 2 is 1.91 bits per heavy atom. The first-order valence-electron chi connectivity index (χ1n) is 6.02. The molecule has 0 amide bonds. The number of sulfonamides is 1. The highest BCUT2D eigenvalue weighted by atomic mass is 79.9. The van der Waals surface area contributed by atoms with Crippen LogP contribution in [-0.2, 0) is 10.0 Å². The SMILES string of the molecule is Cc1ccc(NS(=O)(=O)c2cc(Br)ccc2F)cc1C(=O)O. The first-order valence-corrected chi connectivity index (χ1v) is 8.30. The van der Waals surface area contributed by atoms with Crippen molar-refractivity contribution >= 4 is 37.6 Å². The van der Waals surface area contributed by atoms with Crippen LogP contribution in [0.5, 0.6) is 0 Å². The molecule has 0 aromatic heterocycles. The first kappa shape index (κ1) is 16.4. The van der Waals surface area contributed by atoms with Gasteiger partial charge in [-0.2, -0.15) is 0 Å². The van der Waals surface area contributed by atoms with Gasteiger partial charge in [0.1, 0.15) is 10.7 Å². The van der Waals surface area contributed by atoms with Crippen LogP contribution in [0.15, 0.2) is 45.8 Å². The van der Waals surface area contributed by atoms with E-state index >= 15 is 0 Å². The number of benzene rings is 2. The Kier molecular flexibility index (Phi) is 4.52. The lowest BCUT2D eigenvalue weighted by molar-refractivity contribution is 0.0696. The zero-order valence-corrected chi connectivity index (χ0v) is 13.7. The summed E-state index contributed by atoms with van der Waals surface area (Å²) in [4.78, 5) is 10.5. The molecule has 2 rings (SSSR count). The van der Waals surface area contributed by atoms with Gasteiger partial charge >= 0.3 is 5.97 Å². The molecule has 0 bridgehead atoms. The van der Waals surface area contributed by atoms with Gasteiger partial charge in [-0.25, -0.2) is 17.6 Å². The highest BCUT2D eigenvalue weighted by Gasteiger charge is 2.20. The second kappa shape index (κ2) is 6.05. The minimum absolute atomic E-state index is 0.0325. The summed E-state index contributed by atoms with van der Waals surface area (Å²) in [7, 11) is -4.17. The van der Waals surface area contributed by atoms with Gasteiger partial charge in [-0.15, -0.1) is 0 Å². The highest BCUT2D eigenvalue weighted by molar-refractivity contribution is 9.10. The fourth-order valence-corrected chi connectivity index (χ4v) is 3.48. The fourth-order valence-electron chi connectivity index (χ4n) is 1.81. The zero-order valence-electron chi connectivity index (χ0n) is 11.3. The lowest BCUT2D eigenvalue weighted by Crippen LogP contribution is -2.15. The largest absolute Gasteiger partial charge is 0.478 e. The van der Waals surface area contributed by atoms with Crippen molar-refractivity contribution in [1.29, 1.82) is 0 Å². The van der Waals surface area contributed by atoms with Gasteiger partial charge in [-0.1, -0.05) is 22.0 Å². The maximum absolute atomic E-state index is 13.7. The Bertz CT molecular complexity index is 852. The van der Waals surface area contributed by atoms with Crippen molar-refractivity contribution in [3.63, 3.8) is 0 Å². The normalized spacial score (nSPS) is 11.2. The number of hydrogen-bond donors (Lipinski definition) is 2. The summed E-state index contributed by atoms with van der Waals surface area (Å²) >= 11 is 3.08. The number of hydrogen-bond acceptors (Lipinski definition) is 3. The van der Waals surface area contributed by atoms with Crippen LogP contribution >= 0.6 is 15.9 Å². The van der Waals surface area contributed by atoms with E-state index in [4.69, 9.17) is 5.11 Å². The van der Waals surface area contributed by atoms with Crippen LogP contribution in [-0.4, -0.2) is 19.5 Å². The van der Waals surface area contributed by atoms with Crippen molar-refractivity contribution in [3.8, 4) is 0 Å². The number of carboxylic acids is 1. The molecule has 0 aliphatic heterocycles. The Labute approximate surface area is 135 Å². The molecule has 2 N–H and O–H groups in total. The number of carboxylic acid groups (broad SMARTS) is 1. The maximum Gasteiger partial charge on any atom is 0.336 e. The van der Waals surface area contributed by atoms with Crippen molar-refractivity contribution in [1.82, 2.24) is 0 Å². The standard InChI is InChI=1S/C14H11BrFNO4S/c1-8-2-4-10(7-11(8)14(18)19)17-22(20,21)13-6-9(15)3-5-12(13)16/h2-7,17H,1H3,(H,18,19). The van der Waals surface area contributed by atoms with E-state index in [-0.39, 0.29) is 11.3 Å². The Morgan fingerprint density at radius 3 is 2.55 bits per heavy atom. The summed E-state index contributed by atoms with van der Waals surface area (Å²) in [5.41, 5.74) is 0.501. The average molecular weight is 388 g/mol. The van der Waals surface area contributed by atoms with E-state index in [0.717, 1.165) is 12.1 Å². The Hall–Kier alpha value is -1.93. The zero-order chi connectivity index (χ0) is 16.5. The summed E-state index contributed by atoms with van der Waals surface area (Å²) < 4.78 is 40.7. The molecule has 0 saturated carbocycles. The summed E-state index contributed by atoms with van der Waals surface area (Å²) in [6.07, 6.45) is 0. The molecular formula is C14H11BrFNO4S. The van der Waals surface area contributed by atoms with Crippen molar-refractivity contribution in [3.05, 3.63) is 57.8 Å². The monoisotopic (exact) mass is 387 g/mol. The number of carbonyl (C=O) groups is 1. The molecule has 0 unspecified atom stereocenters. The number of halogens is 2. The third-order valence-electron chi connectivity index (χ3n) is 2.90. The molecule has 0 aliphatic carbocycles.